The van der Waals surface area contributed by atoms with E-state index in [-0.39, 0.29) is 5.91 Å². The summed E-state index contributed by atoms with van der Waals surface area (Å²) in [6.45, 7) is 0.559. The number of piperidine rings is 1. The monoisotopic (exact) mass is 251 g/mol. The molecule has 0 bridgehead atoms. The lowest BCUT2D eigenvalue weighted by Crippen LogP contribution is -2.65. The average Bonchev–Trinajstić information content (AvgIpc) is 3.11. The number of amides is 5. The minimum Gasteiger partial charge on any atom is -0.354 e. The summed E-state index contributed by atoms with van der Waals surface area (Å²) in [5.41, 5.74) is -1.08. The second-order valence-corrected chi connectivity index (χ2v) is 4.97. The smallest absolute Gasteiger partial charge is 0.331 e. The third kappa shape index (κ3) is 1.36. The minimum absolute atomic E-state index is 0.324. The maximum absolute atomic E-state index is 12.2. The van der Waals surface area contributed by atoms with E-state index in [1.807, 2.05) is 0 Å². The fraction of sp³-hybridized carbons (Fsp3) is 0.636. The van der Waals surface area contributed by atoms with Gasteiger partial charge in [-0.1, -0.05) is 0 Å². The summed E-state index contributed by atoms with van der Waals surface area (Å²) in [6.07, 6.45) is 2.08. The van der Waals surface area contributed by atoms with Crippen molar-refractivity contribution >= 4 is 23.8 Å². The van der Waals surface area contributed by atoms with Crippen LogP contribution in [-0.2, 0) is 14.4 Å². The van der Waals surface area contributed by atoms with Crippen LogP contribution in [0.5, 0.6) is 0 Å². The van der Waals surface area contributed by atoms with Crippen LogP contribution in [0.25, 0.3) is 0 Å². The van der Waals surface area contributed by atoms with E-state index in [4.69, 9.17) is 0 Å². The molecule has 0 aromatic carbocycles. The predicted molar refractivity (Wildman–Crippen MR) is 58.1 cm³/mol. The molecule has 5 amide bonds. The number of carbonyl (C=O) groups is 4. The van der Waals surface area contributed by atoms with Gasteiger partial charge in [-0.15, -0.1) is 0 Å². The fourth-order valence-electron chi connectivity index (χ4n) is 2.55. The summed E-state index contributed by atoms with van der Waals surface area (Å²) < 4.78 is 0. The molecule has 0 aromatic heterocycles. The highest BCUT2D eigenvalue weighted by Gasteiger charge is 2.63. The maximum Gasteiger partial charge on any atom is 0.331 e. The zero-order valence-corrected chi connectivity index (χ0v) is 9.69. The van der Waals surface area contributed by atoms with Gasteiger partial charge in [0.05, 0.1) is 0 Å². The highest BCUT2D eigenvalue weighted by atomic mass is 16.2. The van der Waals surface area contributed by atoms with Gasteiger partial charge in [0, 0.05) is 6.54 Å². The molecular weight excluding hydrogens is 238 g/mol. The van der Waals surface area contributed by atoms with Gasteiger partial charge < -0.3 is 5.32 Å². The molecular formula is C11H13N3O4. The van der Waals surface area contributed by atoms with E-state index in [1.54, 1.807) is 0 Å². The lowest BCUT2D eigenvalue weighted by molar-refractivity contribution is -0.150. The second-order valence-electron chi connectivity index (χ2n) is 4.97. The van der Waals surface area contributed by atoms with Crippen LogP contribution in [0.2, 0.25) is 0 Å². The SMILES string of the molecule is O=C1NCCCC1N1C(=O)NC(=O)C2(CC2)C1=O. The van der Waals surface area contributed by atoms with Crippen LogP contribution in [-0.4, -0.2) is 41.2 Å². The molecule has 1 atom stereocenters. The Labute approximate surface area is 103 Å². The summed E-state index contributed by atoms with van der Waals surface area (Å²) in [6, 6.07) is -1.55. The molecule has 2 aliphatic heterocycles. The van der Waals surface area contributed by atoms with Crippen LogP contribution < -0.4 is 10.6 Å². The summed E-state index contributed by atoms with van der Waals surface area (Å²) in [5, 5.41) is 4.81. The zero-order chi connectivity index (χ0) is 12.9. The lowest BCUT2D eigenvalue weighted by atomic mass is 9.97. The fourth-order valence-corrected chi connectivity index (χ4v) is 2.55. The number of hydrogen-bond acceptors (Lipinski definition) is 4. The molecule has 1 unspecified atom stereocenters. The summed E-state index contributed by atoms with van der Waals surface area (Å²) in [5.74, 6) is -1.36. The van der Waals surface area contributed by atoms with E-state index in [0.29, 0.717) is 32.2 Å². The third-order valence-electron chi connectivity index (χ3n) is 3.82. The van der Waals surface area contributed by atoms with Crippen LogP contribution >= 0.6 is 0 Å². The van der Waals surface area contributed by atoms with E-state index in [1.165, 1.54) is 0 Å². The predicted octanol–water partition coefficient (Wildman–Crippen LogP) is -0.876. The van der Waals surface area contributed by atoms with Gasteiger partial charge in [-0.3, -0.25) is 24.6 Å². The first kappa shape index (κ1) is 11.2. The van der Waals surface area contributed by atoms with Crippen molar-refractivity contribution in [2.45, 2.75) is 31.7 Å². The number of nitrogens with zero attached hydrogens (tertiary/aromatic N) is 1. The summed E-state index contributed by atoms with van der Waals surface area (Å²) in [4.78, 5) is 48.3. The molecule has 2 heterocycles. The van der Waals surface area contributed by atoms with Gasteiger partial charge in [-0.05, 0) is 25.7 Å². The Morgan fingerprint density at radius 2 is 1.89 bits per heavy atom. The van der Waals surface area contributed by atoms with Gasteiger partial charge in [0.1, 0.15) is 11.5 Å². The van der Waals surface area contributed by atoms with Gasteiger partial charge in [0.25, 0.3) is 0 Å². The van der Waals surface area contributed by atoms with E-state index < -0.39 is 29.3 Å². The maximum atomic E-state index is 12.2. The highest BCUT2D eigenvalue weighted by molar-refractivity contribution is 6.22. The van der Waals surface area contributed by atoms with Crippen LogP contribution in [0.3, 0.4) is 0 Å². The number of rotatable bonds is 1. The molecule has 1 saturated carbocycles. The minimum atomic E-state index is -1.08. The molecule has 1 spiro atoms. The Morgan fingerprint density at radius 1 is 1.17 bits per heavy atom. The Bertz CT molecular complexity index is 469. The summed E-state index contributed by atoms with van der Waals surface area (Å²) >= 11 is 0. The van der Waals surface area contributed by atoms with Gasteiger partial charge in [-0.25, -0.2) is 4.79 Å². The van der Waals surface area contributed by atoms with Gasteiger partial charge in [-0.2, -0.15) is 0 Å². The summed E-state index contributed by atoms with van der Waals surface area (Å²) in [7, 11) is 0. The van der Waals surface area contributed by atoms with Crippen molar-refractivity contribution < 1.29 is 19.2 Å². The molecule has 18 heavy (non-hydrogen) atoms. The van der Waals surface area contributed by atoms with E-state index in [9.17, 15) is 19.2 Å². The van der Waals surface area contributed by atoms with E-state index in [0.717, 1.165) is 4.90 Å². The van der Waals surface area contributed by atoms with Crippen molar-refractivity contribution in [3.05, 3.63) is 0 Å². The molecule has 0 aromatic rings. The highest BCUT2D eigenvalue weighted by Crippen LogP contribution is 2.49. The van der Waals surface area contributed by atoms with E-state index in [2.05, 4.69) is 10.6 Å². The Morgan fingerprint density at radius 3 is 2.50 bits per heavy atom. The molecule has 0 radical (unpaired) electrons. The van der Waals surface area contributed by atoms with Crippen molar-refractivity contribution in [2.75, 3.05) is 6.54 Å². The number of nitrogens with one attached hydrogen (secondary N) is 2. The van der Waals surface area contributed by atoms with Crippen LogP contribution in [0.1, 0.15) is 25.7 Å². The molecule has 96 valence electrons. The largest absolute Gasteiger partial charge is 0.354 e. The van der Waals surface area contributed by atoms with Gasteiger partial charge >= 0.3 is 6.03 Å². The zero-order valence-electron chi connectivity index (χ0n) is 9.69. The molecule has 7 heteroatoms. The molecule has 1 aliphatic carbocycles. The molecule has 2 N–H and O–H groups in total. The first-order chi connectivity index (χ1) is 8.56. The number of carbonyl (C=O) groups excluding carboxylic acids is 4. The average molecular weight is 251 g/mol. The normalized spacial score (nSPS) is 30.2. The van der Waals surface area contributed by atoms with Gasteiger partial charge in [0.2, 0.25) is 17.7 Å². The molecule has 3 aliphatic rings. The van der Waals surface area contributed by atoms with Crippen molar-refractivity contribution in [3.63, 3.8) is 0 Å². The van der Waals surface area contributed by atoms with Crippen molar-refractivity contribution in [1.29, 1.82) is 0 Å². The topological polar surface area (TPSA) is 95.6 Å². The number of hydrogen-bond donors (Lipinski definition) is 2. The quantitative estimate of drug-likeness (QED) is 0.592. The van der Waals surface area contributed by atoms with E-state index >= 15 is 0 Å². The number of urea groups is 1. The first-order valence-corrected chi connectivity index (χ1v) is 6.03. The van der Waals surface area contributed by atoms with Crippen LogP contribution in [0, 0.1) is 5.41 Å². The third-order valence-corrected chi connectivity index (χ3v) is 3.82. The second kappa shape index (κ2) is 3.54. The Kier molecular flexibility index (Phi) is 2.20. The standard InChI is InChI=1S/C11H13N3O4/c15-7-6(2-1-5-12-7)14-9(17)11(3-4-11)8(16)13-10(14)18/h6H,1-5H2,(H,12,15)(H,13,16,18). The van der Waals surface area contributed by atoms with Crippen LogP contribution in [0.4, 0.5) is 4.79 Å². The number of imide groups is 2. The molecule has 2 saturated heterocycles. The number of barbiturate groups is 1. The van der Waals surface area contributed by atoms with Crippen molar-refractivity contribution in [1.82, 2.24) is 15.5 Å². The first-order valence-electron chi connectivity index (χ1n) is 6.03. The Balaban J connectivity index is 1.90. The Hall–Kier alpha value is -1.92. The van der Waals surface area contributed by atoms with Crippen LogP contribution in [0.15, 0.2) is 0 Å². The lowest BCUT2D eigenvalue weighted by Gasteiger charge is -2.36. The van der Waals surface area contributed by atoms with Crippen molar-refractivity contribution in [3.8, 4) is 0 Å². The van der Waals surface area contributed by atoms with Crippen molar-refractivity contribution in [2.24, 2.45) is 5.41 Å². The molecule has 3 rings (SSSR count). The molecule has 3 fully saturated rings. The van der Waals surface area contributed by atoms with Gasteiger partial charge in [0.15, 0.2) is 0 Å². The molecule has 7 nitrogen and oxygen atoms in total.